The highest BCUT2D eigenvalue weighted by Crippen LogP contribution is 2.35. The Labute approximate surface area is 82.0 Å². The highest BCUT2D eigenvalue weighted by molar-refractivity contribution is 5.70. The average molecular weight is 215 g/mol. The topological polar surface area (TPSA) is 130 Å². The lowest BCUT2D eigenvalue weighted by Crippen LogP contribution is -2.13. The van der Waals surface area contributed by atoms with Gasteiger partial charge in [-0.25, -0.2) is 0 Å². The summed E-state index contributed by atoms with van der Waals surface area (Å²) in [5, 5.41) is 37.6. The molecule has 0 saturated carbocycles. The SMILES string of the molecule is O=[N+]([O-])c1cccc(N(O)O)c1[N+](=O)[O-]. The van der Waals surface area contributed by atoms with Crippen LogP contribution in [0, 0.1) is 20.2 Å². The second kappa shape index (κ2) is 3.86. The van der Waals surface area contributed by atoms with Crippen molar-refractivity contribution in [3.05, 3.63) is 38.4 Å². The molecule has 0 saturated heterocycles. The number of hydrogen-bond acceptors (Lipinski definition) is 7. The van der Waals surface area contributed by atoms with Crippen LogP contribution < -0.4 is 5.23 Å². The number of benzene rings is 1. The van der Waals surface area contributed by atoms with Crippen LogP contribution in [-0.2, 0) is 0 Å². The van der Waals surface area contributed by atoms with E-state index in [2.05, 4.69) is 0 Å². The van der Waals surface area contributed by atoms with Crippen molar-refractivity contribution < 1.29 is 20.3 Å². The quantitative estimate of drug-likeness (QED) is 0.569. The highest BCUT2D eigenvalue weighted by atomic mass is 16.8. The molecule has 0 unspecified atom stereocenters. The molecule has 0 radical (unpaired) electrons. The first-order valence-corrected chi connectivity index (χ1v) is 3.55. The molecule has 0 bridgehead atoms. The molecule has 1 aromatic carbocycles. The molecular formula is C6H5N3O6. The third-order valence-corrected chi connectivity index (χ3v) is 1.59. The monoisotopic (exact) mass is 215 g/mol. The Morgan fingerprint density at radius 3 is 2.13 bits per heavy atom. The van der Waals surface area contributed by atoms with Crippen molar-refractivity contribution in [2.45, 2.75) is 0 Å². The van der Waals surface area contributed by atoms with Crippen molar-refractivity contribution in [3.8, 4) is 0 Å². The summed E-state index contributed by atoms with van der Waals surface area (Å²) < 4.78 is 0. The van der Waals surface area contributed by atoms with Crippen LogP contribution in [0.4, 0.5) is 17.1 Å². The van der Waals surface area contributed by atoms with Crippen molar-refractivity contribution in [3.63, 3.8) is 0 Å². The van der Waals surface area contributed by atoms with Gasteiger partial charge >= 0.3 is 11.4 Å². The second-order valence-corrected chi connectivity index (χ2v) is 2.45. The van der Waals surface area contributed by atoms with Gasteiger partial charge in [-0.2, -0.15) is 0 Å². The molecule has 15 heavy (non-hydrogen) atoms. The van der Waals surface area contributed by atoms with Gasteiger partial charge in [0, 0.05) is 6.07 Å². The van der Waals surface area contributed by atoms with E-state index in [4.69, 9.17) is 10.4 Å². The van der Waals surface area contributed by atoms with Crippen LogP contribution in [0.5, 0.6) is 0 Å². The molecule has 0 amide bonds. The van der Waals surface area contributed by atoms with Crippen LogP contribution in [-0.4, -0.2) is 20.3 Å². The van der Waals surface area contributed by atoms with Crippen LogP contribution in [0.3, 0.4) is 0 Å². The second-order valence-electron chi connectivity index (χ2n) is 2.45. The summed E-state index contributed by atoms with van der Waals surface area (Å²) in [7, 11) is 0. The minimum absolute atomic E-state index is 0.537. The summed E-state index contributed by atoms with van der Waals surface area (Å²) in [5.41, 5.74) is -2.47. The summed E-state index contributed by atoms with van der Waals surface area (Å²) in [6.07, 6.45) is 0. The van der Waals surface area contributed by atoms with Gasteiger partial charge in [0.15, 0.2) is 5.69 Å². The van der Waals surface area contributed by atoms with E-state index in [0.29, 0.717) is 0 Å². The van der Waals surface area contributed by atoms with E-state index in [-0.39, 0.29) is 0 Å². The standard InChI is InChI=1S/C6H5N3O6/c10-7(11)4-2-1-3-5(8(12)13)6(4)9(14)15/h1-3,10-11H. The molecular weight excluding hydrogens is 210 g/mol. The van der Waals surface area contributed by atoms with Crippen molar-refractivity contribution in [1.82, 2.24) is 0 Å². The van der Waals surface area contributed by atoms with E-state index in [1.54, 1.807) is 0 Å². The van der Waals surface area contributed by atoms with Gasteiger partial charge in [0.05, 0.1) is 9.85 Å². The Bertz CT molecular complexity index is 417. The summed E-state index contributed by atoms with van der Waals surface area (Å²) in [5.74, 6) is 0. The van der Waals surface area contributed by atoms with Gasteiger partial charge in [-0.15, -0.1) is 5.23 Å². The molecule has 0 spiro atoms. The maximum absolute atomic E-state index is 10.5. The molecule has 0 heterocycles. The maximum Gasteiger partial charge on any atom is 0.374 e. The fraction of sp³-hybridized carbons (Fsp3) is 0. The van der Waals surface area contributed by atoms with E-state index in [0.717, 1.165) is 18.2 Å². The fourth-order valence-electron chi connectivity index (χ4n) is 1.02. The molecule has 0 aliphatic heterocycles. The Kier molecular flexibility index (Phi) is 2.78. The maximum atomic E-state index is 10.5. The molecule has 0 atom stereocenters. The number of nitrogens with zero attached hydrogens (tertiary/aromatic N) is 3. The van der Waals surface area contributed by atoms with E-state index >= 15 is 0 Å². The predicted octanol–water partition coefficient (Wildman–Crippen LogP) is 1.09. The van der Waals surface area contributed by atoms with Gasteiger partial charge in [0.1, 0.15) is 0 Å². The van der Waals surface area contributed by atoms with E-state index in [9.17, 15) is 20.2 Å². The lowest BCUT2D eigenvalue weighted by atomic mass is 10.2. The third kappa shape index (κ3) is 1.98. The molecule has 2 N–H and O–H groups in total. The number of hydrogen-bond donors (Lipinski definition) is 2. The summed E-state index contributed by atoms with van der Waals surface area (Å²) in [4.78, 5) is 18.9. The van der Waals surface area contributed by atoms with Crippen LogP contribution >= 0.6 is 0 Å². The molecule has 9 nitrogen and oxygen atoms in total. The average Bonchev–Trinajstić information content (AvgIpc) is 2.16. The van der Waals surface area contributed by atoms with Gasteiger partial charge in [0.25, 0.3) is 0 Å². The van der Waals surface area contributed by atoms with Gasteiger partial charge in [-0.1, -0.05) is 6.07 Å². The Hall–Kier alpha value is -2.26. The summed E-state index contributed by atoms with van der Waals surface area (Å²) in [6.45, 7) is 0. The zero-order valence-electron chi connectivity index (χ0n) is 7.10. The molecule has 0 aliphatic rings. The molecule has 9 heteroatoms. The van der Waals surface area contributed by atoms with E-state index < -0.39 is 32.1 Å². The van der Waals surface area contributed by atoms with Gasteiger partial charge in [-0.3, -0.25) is 30.6 Å². The van der Waals surface area contributed by atoms with Crippen molar-refractivity contribution in [2.24, 2.45) is 0 Å². The van der Waals surface area contributed by atoms with E-state index in [1.807, 2.05) is 0 Å². The minimum atomic E-state index is -1.06. The van der Waals surface area contributed by atoms with Gasteiger partial charge in [-0.05, 0) is 6.07 Å². The van der Waals surface area contributed by atoms with Gasteiger partial charge < -0.3 is 0 Å². The Morgan fingerprint density at radius 2 is 1.73 bits per heavy atom. The normalized spacial score (nSPS) is 9.73. The van der Waals surface area contributed by atoms with Crippen molar-refractivity contribution >= 4 is 17.1 Å². The highest BCUT2D eigenvalue weighted by Gasteiger charge is 2.30. The fourth-order valence-corrected chi connectivity index (χ4v) is 1.02. The predicted molar refractivity (Wildman–Crippen MR) is 45.8 cm³/mol. The zero-order valence-corrected chi connectivity index (χ0v) is 7.10. The lowest BCUT2D eigenvalue weighted by Gasteiger charge is -2.07. The first kappa shape index (κ1) is 10.8. The molecule has 80 valence electrons. The van der Waals surface area contributed by atoms with Crippen LogP contribution in [0.15, 0.2) is 18.2 Å². The van der Waals surface area contributed by atoms with Crippen LogP contribution in [0.2, 0.25) is 0 Å². The molecule has 0 aliphatic carbocycles. The number of para-hydroxylation sites is 1. The third-order valence-electron chi connectivity index (χ3n) is 1.59. The van der Waals surface area contributed by atoms with Crippen LogP contribution in [0.1, 0.15) is 0 Å². The molecule has 1 rings (SSSR count). The number of nitro benzene ring substituents is 2. The lowest BCUT2D eigenvalue weighted by molar-refractivity contribution is -0.422. The number of rotatable bonds is 3. The largest absolute Gasteiger partial charge is 0.374 e. The minimum Gasteiger partial charge on any atom is -0.264 e. The molecule has 1 aromatic rings. The van der Waals surface area contributed by atoms with Crippen LogP contribution in [0.25, 0.3) is 0 Å². The summed E-state index contributed by atoms with van der Waals surface area (Å²) in [6, 6.07) is 2.95. The van der Waals surface area contributed by atoms with Gasteiger partial charge in [0.2, 0.25) is 0 Å². The number of anilines is 1. The molecule has 0 fully saturated rings. The smallest absolute Gasteiger partial charge is 0.264 e. The van der Waals surface area contributed by atoms with E-state index in [1.165, 1.54) is 0 Å². The summed E-state index contributed by atoms with van der Waals surface area (Å²) >= 11 is 0. The first-order chi connectivity index (χ1) is 6.95. The Balaban J connectivity index is 3.48. The van der Waals surface area contributed by atoms with Crippen molar-refractivity contribution in [2.75, 3.05) is 5.23 Å². The number of nitro groups is 2. The first-order valence-electron chi connectivity index (χ1n) is 3.55. The molecule has 0 aromatic heterocycles. The van der Waals surface area contributed by atoms with Crippen molar-refractivity contribution in [1.29, 1.82) is 0 Å². The Morgan fingerprint density at radius 1 is 1.13 bits per heavy atom. The zero-order chi connectivity index (χ0) is 11.6.